The highest BCUT2D eigenvalue weighted by atomic mass is 16.3. The number of hydrogen-bond donors (Lipinski definition) is 2. The standard InChI is InChI=1S/C12H12BN5O2/c1-6-2-3-15-8-7(6)11(16-14)17-4-5-18(13)12(20)9(17)10(8)19/h2-3,19H,4-5,14H2,1H3. The van der Waals surface area contributed by atoms with Crippen molar-refractivity contribution in [1.29, 1.82) is 0 Å². The molecule has 2 aromatic rings. The van der Waals surface area contributed by atoms with Gasteiger partial charge < -0.3 is 20.3 Å². The lowest BCUT2D eigenvalue weighted by Gasteiger charge is -2.28. The summed E-state index contributed by atoms with van der Waals surface area (Å²) in [7, 11) is 5.60. The predicted molar refractivity (Wildman–Crippen MR) is 72.7 cm³/mol. The second kappa shape index (κ2) is 4.26. The van der Waals surface area contributed by atoms with Gasteiger partial charge in [0.05, 0.1) is 5.39 Å². The van der Waals surface area contributed by atoms with Crippen molar-refractivity contribution < 1.29 is 9.90 Å². The van der Waals surface area contributed by atoms with Gasteiger partial charge in [0.25, 0.3) is 5.91 Å². The number of aryl methyl sites for hydroxylation is 1. The van der Waals surface area contributed by atoms with Crippen molar-refractivity contribution in [2.75, 3.05) is 6.54 Å². The van der Waals surface area contributed by atoms with Gasteiger partial charge in [-0.1, -0.05) is 0 Å². The SMILES string of the molecule is [B]N1CCn2c(c(O)c3nccc(C)c3c2=NN)C1=O. The third-order valence-corrected chi connectivity index (χ3v) is 3.51. The predicted octanol–water partition coefficient (Wildman–Crippen LogP) is -0.636. The average Bonchev–Trinajstić information content (AvgIpc) is 2.44. The highest BCUT2D eigenvalue weighted by Gasteiger charge is 2.28. The molecule has 0 spiro atoms. The molecule has 3 rings (SSSR count). The lowest BCUT2D eigenvalue weighted by molar-refractivity contribution is 0.0818. The Morgan fingerprint density at radius 2 is 2.25 bits per heavy atom. The highest BCUT2D eigenvalue weighted by molar-refractivity contribution is 6.19. The molecule has 0 fully saturated rings. The molecule has 1 aliphatic rings. The van der Waals surface area contributed by atoms with Crippen molar-refractivity contribution in [2.45, 2.75) is 13.5 Å². The molecule has 0 saturated heterocycles. The van der Waals surface area contributed by atoms with Crippen LogP contribution in [0.15, 0.2) is 17.4 Å². The van der Waals surface area contributed by atoms with E-state index in [0.29, 0.717) is 29.5 Å². The van der Waals surface area contributed by atoms with Gasteiger partial charge in [-0.2, -0.15) is 5.10 Å². The van der Waals surface area contributed by atoms with E-state index in [1.807, 2.05) is 6.92 Å². The summed E-state index contributed by atoms with van der Waals surface area (Å²) in [5.41, 5.74) is 1.64. The van der Waals surface area contributed by atoms with Crippen LogP contribution < -0.4 is 11.3 Å². The molecule has 0 aromatic carbocycles. The number of carbonyl (C=O) groups is 1. The number of nitrogens with zero attached hydrogens (tertiary/aromatic N) is 4. The largest absolute Gasteiger partial charge is 0.504 e. The van der Waals surface area contributed by atoms with Gasteiger partial charge in [-0.3, -0.25) is 9.78 Å². The Balaban J connectivity index is 2.56. The summed E-state index contributed by atoms with van der Waals surface area (Å²) < 4.78 is 1.58. The fraction of sp³-hybridized carbons (Fsp3) is 0.250. The van der Waals surface area contributed by atoms with Gasteiger partial charge in [0.2, 0.25) is 7.98 Å². The molecule has 100 valence electrons. The molecule has 0 bridgehead atoms. The van der Waals surface area contributed by atoms with E-state index in [1.54, 1.807) is 16.8 Å². The van der Waals surface area contributed by atoms with Crippen LogP contribution >= 0.6 is 0 Å². The van der Waals surface area contributed by atoms with Crippen molar-refractivity contribution in [3.05, 3.63) is 29.0 Å². The number of nitrogens with two attached hydrogens (primary N) is 1. The molecule has 1 aliphatic heterocycles. The van der Waals surface area contributed by atoms with Crippen molar-refractivity contribution in [3.63, 3.8) is 0 Å². The third kappa shape index (κ3) is 1.51. The van der Waals surface area contributed by atoms with E-state index in [2.05, 4.69) is 10.1 Å². The number of carbonyl (C=O) groups excluding carboxylic acids is 1. The fourth-order valence-corrected chi connectivity index (χ4v) is 2.51. The van der Waals surface area contributed by atoms with Crippen LogP contribution in [0.5, 0.6) is 5.75 Å². The summed E-state index contributed by atoms with van der Waals surface area (Å²) in [4.78, 5) is 17.3. The van der Waals surface area contributed by atoms with Gasteiger partial charge >= 0.3 is 0 Å². The Bertz CT molecular complexity index is 799. The Morgan fingerprint density at radius 1 is 1.50 bits per heavy atom. The number of hydrogen-bond acceptors (Lipinski definition) is 5. The average molecular weight is 269 g/mol. The van der Waals surface area contributed by atoms with Crippen molar-refractivity contribution >= 4 is 24.8 Å². The molecular formula is C12H12BN5O2. The maximum Gasteiger partial charge on any atom is 0.261 e. The topological polar surface area (TPSA) is 96.7 Å². The third-order valence-electron chi connectivity index (χ3n) is 3.51. The Hall–Kier alpha value is -2.51. The summed E-state index contributed by atoms with van der Waals surface area (Å²) >= 11 is 0. The van der Waals surface area contributed by atoms with E-state index in [-0.39, 0.29) is 11.4 Å². The molecule has 0 atom stereocenters. The van der Waals surface area contributed by atoms with E-state index >= 15 is 0 Å². The molecule has 2 radical (unpaired) electrons. The summed E-state index contributed by atoms with van der Waals surface area (Å²) in [6.45, 7) is 2.60. The van der Waals surface area contributed by atoms with Gasteiger partial charge in [0.1, 0.15) is 5.52 Å². The zero-order valence-corrected chi connectivity index (χ0v) is 10.9. The van der Waals surface area contributed by atoms with Crippen molar-refractivity contribution in [2.24, 2.45) is 10.9 Å². The minimum absolute atomic E-state index is 0.0635. The molecule has 3 N–H and O–H groups in total. The van der Waals surface area contributed by atoms with Gasteiger partial charge in [0.15, 0.2) is 16.9 Å². The van der Waals surface area contributed by atoms with Crippen LogP contribution in [0.3, 0.4) is 0 Å². The van der Waals surface area contributed by atoms with Crippen LogP contribution in [0.2, 0.25) is 0 Å². The molecule has 20 heavy (non-hydrogen) atoms. The van der Waals surface area contributed by atoms with Gasteiger partial charge in [-0.25, -0.2) is 0 Å². The second-order valence-corrected chi connectivity index (χ2v) is 4.65. The lowest BCUT2D eigenvalue weighted by atomic mass is 10.1. The number of pyridine rings is 2. The summed E-state index contributed by atoms with van der Waals surface area (Å²) in [6.07, 6.45) is 1.56. The van der Waals surface area contributed by atoms with Gasteiger partial charge in [-0.15, -0.1) is 0 Å². The molecule has 3 heterocycles. The van der Waals surface area contributed by atoms with Crippen LogP contribution in [-0.4, -0.2) is 39.9 Å². The zero-order chi connectivity index (χ0) is 14.4. The summed E-state index contributed by atoms with van der Waals surface area (Å²) in [5, 5.41) is 14.8. The zero-order valence-electron chi connectivity index (χ0n) is 10.9. The number of aromatic nitrogens is 2. The van der Waals surface area contributed by atoms with Crippen molar-refractivity contribution in [1.82, 2.24) is 14.4 Å². The van der Waals surface area contributed by atoms with Crippen LogP contribution in [0.4, 0.5) is 0 Å². The fourth-order valence-electron chi connectivity index (χ4n) is 2.51. The number of rotatable bonds is 0. The number of amides is 1. The van der Waals surface area contributed by atoms with E-state index in [1.165, 1.54) is 0 Å². The summed E-state index contributed by atoms with van der Waals surface area (Å²) in [5.74, 6) is 4.80. The van der Waals surface area contributed by atoms with E-state index in [4.69, 9.17) is 13.8 Å². The maximum absolute atomic E-state index is 12.1. The molecule has 0 unspecified atom stereocenters. The first-order chi connectivity index (χ1) is 9.56. The normalized spacial score (nSPS) is 15.8. The first kappa shape index (κ1) is 12.5. The lowest BCUT2D eigenvalue weighted by Crippen LogP contribution is -2.44. The van der Waals surface area contributed by atoms with Crippen LogP contribution in [0.1, 0.15) is 16.1 Å². The highest BCUT2D eigenvalue weighted by Crippen LogP contribution is 2.28. The molecular weight excluding hydrogens is 257 g/mol. The minimum atomic E-state index is -0.483. The Morgan fingerprint density at radius 3 is 2.95 bits per heavy atom. The van der Waals surface area contributed by atoms with Gasteiger partial charge in [-0.05, 0) is 18.6 Å². The van der Waals surface area contributed by atoms with Crippen LogP contribution in [-0.2, 0) is 6.54 Å². The first-order valence-corrected chi connectivity index (χ1v) is 6.07. The van der Waals surface area contributed by atoms with E-state index in [0.717, 1.165) is 10.4 Å². The molecule has 7 nitrogen and oxygen atoms in total. The molecule has 8 heteroatoms. The molecule has 2 aromatic heterocycles. The summed E-state index contributed by atoms with van der Waals surface area (Å²) in [6, 6.07) is 1.79. The van der Waals surface area contributed by atoms with E-state index in [9.17, 15) is 9.90 Å². The van der Waals surface area contributed by atoms with Crippen LogP contribution in [0.25, 0.3) is 10.9 Å². The number of fused-ring (bicyclic) bond motifs is 2. The first-order valence-electron chi connectivity index (χ1n) is 6.07. The molecule has 0 aliphatic carbocycles. The Kier molecular flexibility index (Phi) is 2.67. The van der Waals surface area contributed by atoms with Gasteiger partial charge in [0, 0.05) is 19.3 Å². The maximum atomic E-state index is 12.1. The molecule has 1 amide bonds. The van der Waals surface area contributed by atoms with Crippen molar-refractivity contribution in [3.8, 4) is 5.75 Å². The quantitative estimate of drug-likeness (QED) is 0.378. The molecule has 0 saturated carbocycles. The smallest absolute Gasteiger partial charge is 0.261 e. The monoisotopic (exact) mass is 269 g/mol. The van der Waals surface area contributed by atoms with E-state index < -0.39 is 5.91 Å². The number of aromatic hydroxyl groups is 1. The minimum Gasteiger partial charge on any atom is -0.504 e. The Labute approximate surface area is 115 Å². The van der Waals surface area contributed by atoms with Crippen LogP contribution in [0, 0.1) is 6.92 Å². The second-order valence-electron chi connectivity index (χ2n) is 4.65.